The van der Waals surface area contributed by atoms with Gasteiger partial charge in [-0.1, -0.05) is 32.3 Å². The van der Waals surface area contributed by atoms with Crippen LogP contribution in [0, 0.1) is 5.92 Å². The fourth-order valence-electron chi connectivity index (χ4n) is 6.79. The van der Waals surface area contributed by atoms with Crippen LogP contribution in [-0.2, 0) is 11.3 Å². The van der Waals surface area contributed by atoms with Crippen molar-refractivity contribution in [3.63, 3.8) is 0 Å². The van der Waals surface area contributed by atoms with Crippen LogP contribution >= 0.6 is 0 Å². The zero-order valence-electron chi connectivity index (χ0n) is 29.0. The van der Waals surface area contributed by atoms with E-state index in [1.165, 1.54) is 6.42 Å². The van der Waals surface area contributed by atoms with Gasteiger partial charge >= 0.3 is 6.03 Å². The number of hydrogen-bond donors (Lipinski definition) is 3. The van der Waals surface area contributed by atoms with E-state index in [9.17, 15) is 14.7 Å². The summed E-state index contributed by atoms with van der Waals surface area (Å²) in [7, 11) is 2.07. The molecule has 11 nitrogen and oxygen atoms in total. The molecular formula is C37H54N4O7. The number of benzene rings is 2. The molecule has 1 saturated carbocycles. The number of rotatable bonds is 8. The molecule has 1 aliphatic carbocycles. The van der Waals surface area contributed by atoms with E-state index in [1.807, 2.05) is 26.0 Å². The molecule has 3 aliphatic rings. The van der Waals surface area contributed by atoms with Crippen LogP contribution in [0.3, 0.4) is 0 Å². The summed E-state index contributed by atoms with van der Waals surface area (Å²) in [4.78, 5) is 31.2. The number of nitrogens with one attached hydrogen (secondary N) is 2. The molecule has 2 aromatic rings. The van der Waals surface area contributed by atoms with Gasteiger partial charge in [-0.25, -0.2) is 4.79 Å². The van der Waals surface area contributed by atoms with E-state index in [1.54, 1.807) is 23.1 Å². The molecule has 2 heterocycles. The number of fused-ring (bicyclic) bond motifs is 2. The van der Waals surface area contributed by atoms with E-state index >= 15 is 0 Å². The Hall–Kier alpha value is -3.54. The molecule has 1 fully saturated rings. The molecule has 264 valence electrons. The Morgan fingerprint density at radius 2 is 1.75 bits per heavy atom. The maximum absolute atomic E-state index is 14.4. The largest absolute Gasteiger partial charge is 0.490 e. The third kappa shape index (κ3) is 9.76. The van der Waals surface area contributed by atoms with E-state index in [2.05, 4.69) is 35.6 Å². The topological polar surface area (TPSA) is 122 Å². The lowest BCUT2D eigenvalue weighted by Crippen LogP contribution is -2.47. The lowest BCUT2D eigenvalue weighted by Gasteiger charge is -2.36. The van der Waals surface area contributed by atoms with Gasteiger partial charge in [0.2, 0.25) is 6.79 Å². The molecule has 2 aromatic carbocycles. The standard InChI is InChI=1S/C37H54N4O7/c1-25-20-41(26(2)23-42)36(43)31-19-30(39-37(44)38-29-11-6-5-7-12-29)14-16-32(31)48-27(3)10-8-9-17-45-35(25)22-40(4)21-28-13-15-33-34(18-28)47-24-46-33/h13-16,18-19,25-27,29,35,42H,5-12,17,20-24H2,1-4H3,(H2,38,39,44)/t25-,26-,27+,35+/m0/s1. The molecule has 2 aliphatic heterocycles. The molecule has 0 unspecified atom stereocenters. The molecule has 3 amide bonds. The molecule has 0 aromatic heterocycles. The highest BCUT2D eigenvalue weighted by molar-refractivity contribution is 5.99. The normalized spacial score (nSPS) is 23.2. The monoisotopic (exact) mass is 666 g/mol. The summed E-state index contributed by atoms with van der Waals surface area (Å²) in [5.41, 5.74) is 1.99. The minimum absolute atomic E-state index is 0.0454. The number of anilines is 1. The molecule has 0 saturated heterocycles. The van der Waals surface area contributed by atoms with Crippen LogP contribution in [0.15, 0.2) is 36.4 Å². The molecule has 4 atom stereocenters. The van der Waals surface area contributed by atoms with Crippen molar-refractivity contribution in [1.82, 2.24) is 15.1 Å². The van der Waals surface area contributed by atoms with Gasteiger partial charge in [0.1, 0.15) is 5.75 Å². The van der Waals surface area contributed by atoms with Gasteiger partial charge in [0.15, 0.2) is 11.5 Å². The fraction of sp³-hybridized carbons (Fsp3) is 0.622. The van der Waals surface area contributed by atoms with Gasteiger partial charge in [0.25, 0.3) is 5.91 Å². The van der Waals surface area contributed by atoms with Crippen molar-refractivity contribution in [2.75, 3.05) is 45.5 Å². The lowest BCUT2D eigenvalue weighted by atomic mass is 9.96. The SMILES string of the molecule is C[C@@H]1CCCCO[C@H](CN(C)Cc2ccc3c(c2)OCO3)[C@@H](C)CN([C@@H](C)CO)C(=O)c2cc(NC(=O)NC3CCCCC3)ccc2O1. The molecule has 0 spiro atoms. The minimum atomic E-state index is -0.448. The molecule has 0 bridgehead atoms. The van der Waals surface area contributed by atoms with Gasteiger partial charge in [0.05, 0.1) is 30.4 Å². The number of aliphatic hydroxyl groups excluding tert-OH is 1. The zero-order chi connectivity index (χ0) is 34.0. The van der Waals surface area contributed by atoms with Crippen molar-refractivity contribution in [1.29, 1.82) is 0 Å². The highest BCUT2D eigenvalue weighted by Crippen LogP contribution is 2.33. The lowest BCUT2D eigenvalue weighted by molar-refractivity contribution is -0.0177. The van der Waals surface area contributed by atoms with E-state index in [-0.39, 0.29) is 49.5 Å². The summed E-state index contributed by atoms with van der Waals surface area (Å²) < 4.78 is 23.9. The van der Waals surface area contributed by atoms with Crippen molar-refractivity contribution in [3.8, 4) is 17.2 Å². The zero-order valence-corrected chi connectivity index (χ0v) is 29.0. The number of carbonyl (C=O) groups is 2. The first kappa shape index (κ1) is 35.8. The summed E-state index contributed by atoms with van der Waals surface area (Å²) in [6.45, 7) is 8.34. The van der Waals surface area contributed by atoms with Crippen molar-refractivity contribution < 1.29 is 33.6 Å². The number of carbonyl (C=O) groups excluding carboxylic acids is 2. The summed E-state index contributed by atoms with van der Waals surface area (Å²) in [5, 5.41) is 16.3. The number of likely N-dealkylation sites (N-methyl/N-ethyl adjacent to an activating group) is 1. The van der Waals surface area contributed by atoms with Gasteiger partial charge in [-0.05, 0) is 88.9 Å². The maximum atomic E-state index is 14.4. The van der Waals surface area contributed by atoms with Crippen LogP contribution in [0.25, 0.3) is 0 Å². The van der Waals surface area contributed by atoms with Crippen molar-refractivity contribution in [3.05, 3.63) is 47.5 Å². The Balaban J connectivity index is 1.34. The van der Waals surface area contributed by atoms with Gasteiger partial charge in [0, 0.05) is 43.9 Å². The second kappa shape index (κ2) is 17.2. The van der Waals surface area contributed by atoms with E-state index in [4.69, 9.17) is 18.9 Å². The highest BCUT2D eigenvalue weighted by atomic mass is 16.7. The number of hydrogen-bond acceptors (Lipinski definition) is 8. The first-order valence-electron chi connectivity index (χ1n) is 17.7. The van der Waals surface area contributed by atoms with Crippen LogP contribution in [0.2, 0.25) is 0 Å². The van der Waals surface area contributed by atoms with Crippen LogP contribution < -0.4 is 24.8 Å². The Kier molecular flexibility index (Phi) is 12.8. The van der Waals surface area contributed by atoms with Gasteiger partial charge < -0.3 is 39.6 Å². The molecule has 3 N–H and O–H groups in total. The molecule has 5 rings (SSSR count). The summed E-state index contributed by atoms with van der Waals surface area (Å²) in [5.74, 6) is 1.70. The predicted octanol–water partition coefficient (Wildman–Crippen LogP) is 5.80. The first-order valence-corrected chi connectivity index (χ1v) is 17.7. The third-order valence-electron chi connectivity index (χ3n) is 9.63. The smallest absolute Gasteiger partial charge is 0.319 e. The number of aliphatic hydroxyl groups is 1. The molecule has 0 radical (unpaired) electrons. The second-order valence-electron chi connectivity index (χ2n) is 13.8. The van der Waals surface area contributed by atoms with Gasteiger partial charge in [-0.3, -0.25) is 9.69 Å². The van der Waals surface area contributed by atoms with Gasteiger partial charge in [-0.2, -0.15) is 0 Å². The van der Waals surface area contributed by atoms with Crippen LogP contribution in [0.4, 0.5) is 10.5 Å². The first-order chi connectivity index (χ1) is 23.2. The molecular weight excluding hydrogens is 612 g/mol. The van der Waals surface area contributed by atoms with E-state index in [0.29, 0.717) is 43.2 Å². The third-order valence-corrected chi connectivity index (χ3v) is 9.63. The van der Waals surface area contributed by atoms with E-state index < -0.39 is 6.04 Å². The summed E-state index contributed by atoms with van der Waals surface area (Å²) in [6.07, 6.45) is 7.74. The highest BCUT2D eigenvalue weighted by Gasteiger charge is 2.31. The van der Waals surface area contributed by atoms with Crippen LogP contribution in [-0.4, -0.2) is 91.3 Å². The quantitative estimate of drug-likeness (QED) is 0.324. The number of ether oxygens (including phenoxy) is 4. The predicted molar refractivity (Wildman–Crippen MR) is 185 cm³/mol. The van der Waals surface area contributed by atoms with Crippen molar-refractivity contribution in [2.45, 2.75) is 103 Å². The Labute approximate surface area is 285 Å². The second-order valence-corrected chi connectivity index (χ2v) is 13.8. The number of amides is 3. The summed E-state index contributed by atoms with van der Waals surface area (Å²) in [6, 6.07) is 10.7. The Bertz CT molecular complexity index is 1370. The Morgan fingerprint density at radius 1 is 1.00 bits per heavy atom. The van der Waals surface area contributed by atoms with Crippen LogP contribution in [0.5, 0.6) is 17.2 Å². The number of nitrogens with zero attached hydrogens (tertiary/aromatic N) is 2. The van der Waals surface area contributed by atoms with Crippen molar-refractivity contribution in [2.24, 2.45) is 5.92 Å². The minimum Gasteiger partial charge on any atom is -0.490 e. The van der Waals surface area contributed by atoms with Gasteiger partial charge in [-0.15, -0.1) is 0 Å². The fourth-order valence-corrected chi connectivity index (χ4v) is 6.79. The number of urea groups is 1. The van der Waals surface area contributed by atoms with Crippen LogP contribution in [0.1, 0.15) is 88.1 Å². The van der Waals surface area contributed by atoms with Crippen molar-refractivity contribution >= 4 is 17.6 Å². The Morgan fingerprint density at radius 3 is 2.54 bits per heavy atom. The summed E-state index contributed by atoms with van der Waals surface area (Å²) >= 11 is 0. The van der Waals surface area contributed by atoms with E-state index in [0.717, 1.165) is 62.0 Å². The maximum Gasteiger partial charge on any atom is 0.319 e. The molecule has 11 heteroatoms. The average molecular weight is 667 g/mol. The average Bonchev–Trinajstić information content (AvgIpc) is 3.54. The molecule has 48 heavy (non-hydrogen) atoms.